The summed E-state index contributed by atoms with van der Waals surface area (Å²) in [5.41, 5.74) is 0.406. The Morgan fingerprint density at radius 2 is 2.00 bits per heavy atom. The fourth-order valence-corrected chi connectivity index (χ4v) is 2.67. The second-order valence-electron chi connectivity index (χ2n) is 5.40. The topological polar surface area (TPSA) is 58.1 Å². The van der Waals surface area contributed by atoms with E-state index in [2.05, 4.69) is 25.3 Å². The lowest BCUT2D eigenvalue weighted by atomic mass is 10.2. The number of methoxy groups -OCH3 is 1. The van der Waals surface area contributed by atoms with Gasteiger partial charge in [0, 0.05) is 50.9 Å². The summed E-state index contributed by atoms with van der Waals surface area (Å²) in [6, 6.07) is 2.87. The van der Waals surface area contributed by atoms with Crippen LogP contribution in [0.3, 0.4) is 0 Å². The average Bonchev–Trinajstić information content (AvgIpc) is 2.58. The first-order chi connectivity index (χ1) is 12.4. The maximum atomic E-state index is 12.6. The fraction of sp³-hybridized carbons (Fsp3) is 0.562. The first kappa shape index (κ1) is 22.7. The predicted octanol–water partition coefficient (Wildman–Crippen LogP) is 2.84. The van der Waals surface area contributed by atoms with Crippen molar-refractivity contribution in [2.45, 2.75) is 13.2 Å². The maximum Gasteiger partial charge on any atom is 0.387 e. The van der Waals surface area contributed by atoms with Gasteiger partial charge in [0.05, 0.1) is 11.6 Å². The van der Waals surface area contributed by atoms with Gasteiger partial charge in [-0.2, -0.15) is 8.78 Å². The molecule has 0 saturated heterocycles. The summed E-state index contributed by atoms with van der Waals surface area (Å²) in [6.45, 7) is 0.101. The second kappa shape index (κ2) is 12.1. The van der Waals surface area contributed by atoms with Gasteiger partial charge in [0.15, 0.2) is 5.96 Å². The zero-order chi connectivity index (χ0) is 19.5. The lowest BCUT2D eigenvalue weighted by Crippen LogP contribution is -2.41. The smallest absolute Gasteiger partial charge is 0.387 e. The molecule has 0 heterocycles. The molecule has 0 aliphatic heterocycles. The number of nitrogens with zero attached hydrogens (tertiary/aromatic N) is 2. The van der Waals surface area contributed by atoms with Crippen molar-refractivity contribution in [3.63, 3.8) is 0 Å². The quantitative estimate of drug-likeness (QED) is 0.457. The molecule has 2 N–H and O–H groups in total. The predicted molar refractivity (Wildman–Crippen MR) is 101 cm³/mol. The van der Waals surface area contributed by atoms with Crippen LogP contribution in [-0.2, 0) is 11.3 Å². The third-order valence-electron chi connectivity index (χ3n) is 3.43. The van der Waals surface area contributed by atoms with Crippen LogP contribution in [0.4, 0.5) is 8.78 Å². The van der Waals surface area contributed by atoms with E-state index in [1.807, 2.05) is 7.05 Å². The number of halogens is 4. The molecule has 0 spiro atoms. The van der Waals surface area contributed by atoms with E-state index in [0.29, 0.717) is 29.7 Å². The van der Waals surface area contributed by atoms with Crippen LogP contribution in [0.15, 0.2) is 17.1 Å². The minimum absolute atomic E-state index is 0.0253. The number of guanidine groups is 1. The standard InChI is InChI=1S/C16H24Cl2F2N4O2/c1-21-16(22-4-5-24(2)6-7-25-3)23-10-11-8-12(17)9-13(18)14(11)26-15(19)20/h8-9,15H,4-7,10H2,1-3H3,(H2,21,22,23). The van der Waals surface area contributed by atoms with Crippen molar-refractivity contribution in [3.05, 3.63) is 27.7 Å². The largest absolute Gasteiger partial charge is 0.433 e. The first-order valence-corrected chi connectivity index (χ1v) is 8.67. The van der Waals surface area contributed by atoms with E-state index in [4.69, 9.17) is 27.9 Å². The fourth-order valence-electron chi connectivity index (χ4n) is 2.09. The van der Waals surface area contributed by atoms with Gasteiger partial charge in [-0.15, -0.1) is 0 Å². The molecule has 0 fully saturated rings. The lowest BCUT2D eigenvalue weighted by Gasteiger charge is -2.18. The molecule has 1 rings (SSSR count). The summed E-state index contributed by atoms with van der Waals surface area (Å²) in [5.74, 6) is 0.414. The van der Waals surface area contributed by atoms with Crippen LogP contribution < -0.4 is 15.4 Å². The second-order valence-corrected chi connectivity index (χ2v) is 6.25. The van der Waals surface area contributed by atoms with E-state index in [0.717, 1.165) is 13.1 Å². The molecule has 26 heavy (non-hydrogen) atoms. The molecule has 0 bridgehead atoms. The highest BCUT2D eigenvalue weighted by Gasteiger charge is 2.15. The third kappa shape index (κ3) is 8.35. The Bertz CT molecular complexity index is 592. The lowest BCUT2D eigenvalue weighted by molar-refractivity contribution is -0.0504. The van der Waals surface area contributed by atoms with Gasteiger partial charge in [0.1, 0.15) is 5.75 Å². The van der Waals surface area contributed by atoms with Gasteiger partial charge in [0.25, 0.3) is 0 Å². The van der Waals surface area contributed by atoms with E-state index in [1.165, 1.54) is 12.1 Å². The van der Waals surface area contributed by atoms with E-state index < -0.39 is 6.61 Å². The van der Waals surface area contributed by atoms with Gasteiger partial charge in [0.2, 0.25) is 0 Å². The SMILES string of the molecule is CN=C(NCCN(C)CCOC)NCc1cc(Cl)cc(Cl)c1OC(F)F. The molecule has 0 aliphatic carbocycles. The van der Waals surface area contributed by atoms with Crippen LogP contribution in [0, 0.1) is 0 Å². The summed E-state index contributed by atoms with van der Waals surface area (Å²) < 4.78 is 34.7. The number of hydrogen-bond acceptors (Lipinski definition) is 4. The number of rotatable bonds is 10. The van der Waals surface area contributed by atoms with Crippen LogP contribution in [0.5, 0.6) is 5.75 Å². The molecule has 0 unspecified atom stereocenters. The van der Waals surface area contributed by atoms with Crippen molar-refractivity contribution >= 4 is 29.2 Å². The maximum absolute atomic E-state index is 12.6. The number of ether oxygens (including phenoxy) is 2. The van der Waals surface area contributed by atoms with Crippen LogP contribution in [0.25, 0.3) is 0 Å². The summed E-state index contributed by atoms with van der Waals surface area (Å²) in [6.07, 6.45) is 0. The Hall–Kier alpha value is -1.35. The highest BCUT2D eigenvalue weighted by molar-refractivity contribution is 6.35. The molecule has 0 amide bonds. The number of hydrogen-bond donors (Lipinski definition) is 2. The van der Waals surface area contributed by atoms with Gasteiger partial charge in [-0.3, -0.25) is 4.99 Å². The molecule has 6 nitrogen and oxygen atoms in total. The molecular formula is C16H24Cl2F2N4O2. The van der Waals surface area contributed by atoms with Crippen molar-refractivity contribution in [1.29, 1.82) is 0 Å². The number of aliphatic imine (C=N–C) groups is 1. The van der Waals surface area contributed by atoms with Gasteiger partial charge < -0.3 is 25.0 Å². The Labute approximate surface area is 162 Å². The molecule has 10 heteroatoms. The Morgan fingerprint density at radius 3 is 2.62 bits per heavy atom. The molecule has 148 valence electrons. The zero-order valence-electron chi connectivity index (χ0n) is 15.0. The highest BCUT2D eigenvalue weighted by atomic mass is 35.5. The average molecular weight is 413 g/mol. The van der Waals surface area contributed by atoms with Crippen LogP contribution in [0.2, 0.25) is 10.0 Å². The zero-order valence-corrected chi connectivity index (χ0v) is 16.5. The van der Waals surface area contributed by atoms with E-state index in [9.17, 15) is 8.78 Å². The molecule has 1 aromatic rings. The molecule has 0 aromatic heterocycles. The normalized spacial score (nSPS) is 12.0. The summed E-state index contributed by atoms with van der Waals surface area (Å²) in [4.78, 5) is 6.20. The van der Waals surface area contributed by atoms with Crippen molar-refractivity contribution in [1.82, 2.24) is 15.5 Å². The number of nitrogens with one attached hydrogen (secondary N) is 2. The molecular weight excluding hydrogens is 389 g/mol. The van der Waals surface area contributed by atoms with E-state index >= 15 is 0 Å². The minimum atomic E-state index is -2.98. The summed E-state index contributed by atoms with van der Waals surface area (Å²) in [5, 5.41) is 6.52. The summed E-state index contributed by atoms with van der Waals surface area (Å²) in [7, 11) is 5.26. The first-order valence-electron chi connectivity index (χ1n) is 7.92. The highest BCUT2D eigenvalue weighted by Crippen LogP contribution is 2.33. The van der Waals surface area contributed by atoms with Crippen molar-refractivity contribution in [2.24, 2.45) is 4.99 Å². The number of alkyl halides is 2. The van der Waals surface area contributed by atoms with Crippen LogP contribution in [0.1, 0.15) is 5.56 Å². The number of likely N-dealkylation sites (N-methyl/N-ethyl adjacent to an activating group) is 1. The number of benzene rings is 1. The summed E-state index contributed by atoms with van der Waals surface area (Å²) >= 11 is 11.9. The van der Waals surface area contributed by atoms with E-state index in [1.54, 1.807) is 14.2 Å². The Morgan fingerprint density at radius 1 is 1.27 bits per heavy atom. The Balaban J connectivity index is 2.60. The van der Waals surface area contributed by atoms with Gasteiger partial charge in [-0.25, -0.2) is 0 Å². The molecule has 0 atom stereocenters. The molecule has 0 saturated carbocycles. The third-order valence-corrected chi connectivity index (χ3v) is 3.92. The van der Waals surface area contributed by atoms with Crippen molar-refractivity contribution in [3.8, 4) is 5.75 Å². The monoisotopic (exact) mass is 412 g/mol. The van der Waals surface area contributed by atoms with Crippen molar-refractivity contribution in [2.75, 3.05) is 47.4 Å². The molecule has 1 aromatic carbocycles. The van der Waals surface area contributed by atoms with Crippen molar-refractivity contribution < 1.29 is 18.3 Å². The molecule has 0 radical (unpaired) electrons. The Kier molecular flexibility index (Phi) is 10.6. The van der Waals surface area contributed by atoms with Gasteiger partial charge in [-0.1, -0.05) is 23.2 Å². The van der Waals surface area contributed by atoms with Gasteiger partial charge >= 0.3 is 6.61 Å². The minimum Gasteiger partial charge on any atom is -0.433 e. The molecule has 0 aliphatic rings. The van der Waals surface area contributed by atoms with E-state index in [-0.39, 0.29) is 17.3 Å². The van der Waals surface area contributed by atoms with Gasteiger partial charge in [-0.05, 0) is 19.2 Å². The van der Waals surface area contributed by atoms with Crippen LogP contribution in [-0.4, -0.2) is 64.9 Å². The van der Waals surface area contributed by atoms with Crippen LogP contribution >= 0.6 is 23.2 Å².